The Balaban J connectivity index is 1.57. The number of amides is 1. The van der Waals surface area contributed by atoms with Crippen molar-refractivity contribution in [1.29, 1.82) is 0 Å². The van der Waals surface area contributed by atoms with E-state index in [1.807, 2.05) is 60.7 Å². The molecule has 0 unspecified atom stereocenters. The standard InChI is InChI=1S/C28H32N2O3S/c1-4-11-23(29-25(20-12-7-5-8-13-20)21-14-9-6-10-15-21)26(31)30-24-18-22-16-17-28(24,27(22,2)3)19-34(30,32)33/h4-10,12-15,22-24H,1,11,16-19H2,2-3H3/t22-,23-,24+,28-/m1/s1. The van der Waals surface area contributed by atoms with Gasteiger partial charge < -0.3 is 0 Å². The van der Waals surface area contributed by atoms with Gasteiger partial charge in [-0.05, 0) is 37.0 Å². The van der Waals surface area contributed by atoms with Crippen molar-refractivity contribution in [3.8, 4) is 0 Å². The van der Waals surface area contributed by atoms with Crippen LogP contribution in [0.4, 0.5) is 0 Å². The van der Waals surface area contributed by atoms with Crippen LogP contribution in [0.1, 0.15) is 50.7 Å². The maximum Gasteiger partial charge on any atom is 0.261 e. The van der Waals surface area contributed by atoms with Crippen molar-refractivity contribution in [1.82, 2.24) is 4.31 Å². The third-order valence-corrected chi connectivity index (χ3v) is 10.6. The SMILES string of the molecule is C=CC[C@@H](N=C(c1ccccc1)c1ccccc1)C(=O)N1[C@H]2C[C@H]3CC[C@]2(CS1(=O)=O)C3(C)C. The maximum absolute atomic E-state index is 14.0. The van der Waals surface area contributed by atoms with Crippen molar-refractivity contribution >= 4 is 21.6 Å². The smallest absolute Gasteiger partial charge is 0.261 e. The highest BCUT2D eigenvalue weighted by atomic mass is 32.2. The lowest BCUT2D eigenvalue weighted by atomic mass is 9.69. The van der Waals surface area contributed by atoms with Gasteiger partial charge in [0.2, 0.25) is 10.0 Å². The molecule has 2 aliphatic carbocycles. The molecule has 34 heavy (non-hydrogen) atoms. The van der Waals surface area contributed by atoms with Crippen LogP contribution in [0.5, 0.6) is 0 Å². The van der Waals surface area contributed by atoms with Gasteiger partial charge in [-0.25, -0.2) is 12.7 Å². The van der Waals surface area contributed by atoms with Crippen LogP contribution in [0.2, 0.25) is 0 Å². The van der Waals surface area contributed by atoms with Gasteiger partial charge in [-0.1, -0.05) is 80.6 Å². The molecule has 0 N–H and O–H groups in total. The van der Waals surface area contributed by atoms with Crippen LogP contribution in [0.3, 0.4) is 0 Å². The van der Waals surface area contributed by atoms with E-state index in [0.717, 1.165) is 30.4 Å². The molecule has 1 heterocycles. The van der Waals surface area contributed by atoms with Gasteiger partial charge in [-0.15, -0.1) is 6.58 Å². The van der Waals surface area contributed by atoms with E-state index in [-0.39, 0.29) is 29.0 Å². The number of benzene rings is 2. The first-order valence-corrected chi connectivity index (χ1v) is 13.7. The Morgan fingerprint density at radius 1 is 1.12 bits per heavy atom. The van der Waals surface area contributed by atoms with Crippen LogP contribution in [-0.4, -0.2) is 42.2 Å². The lowest BCUT2D eigenvalue weighted by molar-refractivity contribution is -0.130. The summed E-state index contributed by atoms with van der Waals surface area (Å²) in [6, 6.07) is 18.3. The number of rotatable bonds is 6. The van der Waals surface area contributed by atoms with E-state index in [4.69, 9.17) is 4.99 Å². The fourth-order valence-electron chi connectivity index (χ4n) is 6.76. The zero-order valence-electron chi connectivity index (χ0n) is 19.9. The normalized spacial score (nSPS) is 28.8. The second-order valence-corrected chi connectivity index (χ2v) is 12.4. The van der Waals surface area contributed by atoms with E-state index in [1.54, 1.807) is 6.08 Å². The fourth-order valence-corrected chi connectivity index (χ4v) is 9.33. The van der Waals surface area contributed by atoms with Gasteiger partial charge in [0.25, 0.3) is 5.91 Å². The molecule has 3 aliphatic rings. The quantitative estimate of drug-likeness (QED) is 0.443. The van der Waals surface area contributed by atoms with Gasteiger partial charge >= 0.3 is 0 Å². The fraction of sp³-hybridized carbons (Fsp3) is 0.429. The molecule has 6 heteroatoms. The van der Waals surface area contributed by atoms with Gasteiger partial charge in [0, 0.05) is 16.5 Å². The van der Waals surface area contributed by atoms with E-state index >= 15 is 0 Å². The van der Waals surface area contributed by atoms with Crippen LogP contribution in [0, 0.1) is 16.7 Å². The first-order valence-electron chi connectivity index (χ1n) is 12.1. The van der Waals surface area contributed by atoms with Crippen LogP contribution >= 0.6 is 0 Å². The molecule has 0 aromatic heterocycles. The van der Waals surface area contributed by atoms with E-state index < -0.39 is 22.0 Å². The average molecular weight is 477 g/mol. The minimum atomic E-state index is -3.71. The van der Waals surface area contributed by atoms with Crippen LogP contribution in [-0.2, 0) is 14.8 Å². The predicted molar refractivity (Wildman–Crippen MR) is 135 cm³/mol. The molecule has 178 valence electrons. The molecule has 2 aromatic rings. The lowest BCUT2D eigenvalue weighted by Gasteiger charge is -2.37. The Kier molecular flexibility index (Phi) is 5.55. The zero-order chi connectivity index (χ0) is 24.1. The highest BCUT2D eigenvalue weighted by Crippen LogP contribution is 2.70. The second kappa shape index (κ2) is 8.19. The highest BCUT2D eigenvalue weighted by molar-refractivity contribution is 7.90. The molecular weight excluding hydrogens is 444 g/mol. The highest BCUT2D eigenvalue weighted by Gasteiger charge is 2.72. The van der Waals surface area contributed by atoms with E-state index in [1.165, 1.54) is 4.31 Å². The maximum atomic E-state index is 14.0. The summed E-state index contributed by atoms with van der Waals surface area (Å²) in [5.41, 5.74) is 2.02. The van der Waals surface area contributed by atoms with E-state index in [9.17, 15) is 13.2 Å². The number of carbonyl (C=O) groups excluding carboxylic acids is 1. The largest absolute Gasteiger partial charge is 0.271 e. The molecule has 2 bridgehead atoms. The number of carbonyl (C=O) groups is 1. The molecule has 2 saturated carbocycles. The molecule has 5 nitrogen and oxygen atoms in total. The number of aliphatic imine (C=N–C) groups is 1. The van der Waals surface area contributed by atoms with Gasteiger partial charge in [0.05, 0.1) is 17.5 Å². The summed E-state index contributed by atoms with van der Waals surface area (Å²) in [5, 5.41) is 0. The average Bonchev–Trinajstić information content (AvgIpc) is 3.30. The number of hydrogen-bond acceptors (Lipinski definition) is 4. The molecule has 5 rings (SSSR count). The van der Waals surface area contributed by atoms with Crippen molar-refractivity contribution in [3.63, 3.8) is 0 Å². The third kappa shape index (κ3) is 3.37. The summed E-state index contributed by atoms with van der Waals surface area (Å²) in [4.78, 5) is 18.9. The Bertz CT molecular complexity index is 1200. The number of sulfonamides is 1. The summed E-state index contributed by atoms with van der Waals surface area (Å²) >= 11 is 0. The number of hydrogen-bond donors (Lipinski definition) is 0. The zero-order valence-corrected chi connectivity index (χ0v) is 20.7. The van der Waals surface area contributed by atoms with Crippen LogP contribution in [0.15, 0.2) is 78.3 Å². The topological polar surface area (TPSA) is 66.8 Å². The molecule has 0 radical (unpaired) electrons. The molecular formula is C28H32N2O3S. The van der Waals surface area contributed by atoms with Crippen molar-refractivity contribution < 1.29 is 13.2 Å². The van der Waals surface area contributed by atoms with Crippen molar-refractivity contribution in [2.45, 2.75) is 51.6 Å². The van der Waals surface area contributed by atoms with Gasteiger partial charge in [0.1, 0.15) is 6.04 Å². The van der Waals surface area contributed by atoms with E-state index in [0.29, 0.717) is 11.6 Å². The predicted octanol–water partition coefficient (Wildman–Crippen LogP) is 4.84. The summed E-state index contributed by atoms with van der Waals surface area (Å²) < 4.78 is 28.1. The van der Waals surface area contributed by atoms with Gasteiger partial charge in [-0.3, -0.25) is 9.79 Å². The first-order chi connectivity index (χ1) is 16.2. The Morgan fingerprint density at radius 3 is 2.24 bits per heavy atom. The monoisotopic (exact) mass is 476 g/mol. The summed E-state index contributed by atoms with van der Waals surface area (Å²) in [6.07, 6.45) is 4.60. The minimum Gasteiger partial charge on any atom is -0.271 e. The Hall–Kier alpha value is -2.73. The Morgan fingerprint density at radius 2 is 1.71 bits per heavy atom. The minimum absolute atomic E-state index is 0.0641. The summed E-state index contributed by atoms with van der Waals surface area (Å²) in [6.45, 7) is 8.22. The number of fused-ring (bicyclic) bond motifs is 1. The second-order valence-electron chi connectivity index (χ2n) is 10.5. The van der Waals surface area contributed by atoms with Crippen LogP contribution in [0.25, 0.3) is 0 Å². The lowest BCUT2D eigenvalue weighted by Crippen LogP contribution is -2.47. The summed E-state index contributed by atoms with van der Waals surface area (Å²) in [7, 11) is -3.71. The van der Waals surface area contributed by atoms with Crippen molar-refractivity contribution in [2.75, 3.05) is 5.75 Å². The summed E-state index contributed by atoms with van der Waals surface area (Å²) in [5.74, 6) is 0.0950. The van der Waals surface area contributed by atoms with Crippen molar-refractivity contribution in [2.24, 2.45) is 21.7 Å². The molecule has 2 aromatic carbocycles. The van der Waals surface area contributed by atoms with Gasteiger partial charge in [0.15, 0.2) is 0 Å². The molecule has 1 amide bonds. The Labute approximate surface area is 202 Å². The molecule has 1 aliphatic heterocycles. The molecule has 4 atom stereocenters. The molecule has 1 saturated heterocycles. The van der Waals surface area contributed by atoms with E-state index in [2.05, 4.69) is 20.4 Å². The molecule has 3 fully saturated rings. The number of nitrogens with zero attached hydrogens (tertiary/aromatic N) is 2. The first kappa shape index (κ1) is 23.0. The van der Waals surface area contributed by atoms with Gasteiger partial charge in [-0.2, -0.15) is 0 Å². The third-order valence-electron chi connectivity index (χ3n) is 8.68. The van der Waals surface area contributed by atoms with Crippen LogP contribution < -0.4 is 0 Å². The molecule has 1 spiro atoms. The van der Waals surface area contributed by atoms with Crippen molar-refractivity contribution in [3.05, 3.63) is 84.4 Å².